The number of carbonyl (C=O) groups excluding carboxylic acids is 2. The smallest absolute Gasteiger partial charge is 0.543 e. The average Bonchev–Trinajstić information content (AvgIpc) is 2.33. The molecule has 0 bridgehead atoms. The molecule has 0 aromatic carbocycles. The van der Waals surface area contributed by atoms with Crippen molar-refractivity contribution in [3.8, 4) is 0 Å². The Kier molecular flexibility index (Phi) is 3.79. The summed E-state index contributed by atoms with van der Waals surface area (Å²) in [6.07, 6.45) is 0.773. The second-order valence-electron chi connectivity index (χ2n) is 5.06. The first-order valence-corrected chi connectivity index (χ1v) is 5.22. The van der Waals surface area contributed by atoms with Crippen molar-refractivity contribution < 1.29 is 49.4 Å². The molecule has 0 radical (unpaired) electrons. The van der Waals surface area contributed by atoms with Crippen LogP contribution in [0.1, 0.15) is 20.8 Å². The molecule has 0 aromatic rings. The van der Waals surface area contributed by atoms with Gasteiger partial charge in [0.2, 0.25) is 5.91 Å². The van der Waals surface area contributed by atoms with Crippen LogP contribution in [0.3, 0.4) is 0 Å². The summed E-state index contributed by atoms with van der Waals surface area (Å²) in [5.41, 5.74) is -0.512. The van der Waals surface area contributed by atoms with Gasteiger partial charge in [0.1, 0.15) is 0 Å². The van der Waals surface area contributed by atoms with E-state index < -0.39 is 23.4 Å². The topological polar surface area (TPSA) is 80.7 Å². The number of rotatable bonds is 2. The van der Waals surface area contributed by atoms with E-state index in [-0.39, 0.29) is 47.2 Å². The Hall–Kier alpha value is -0.360. The number of hydrogen-bond donors (Lipinski definition) is 1. The normalized spacial score (nSPS) is 30.9. The number of β-lactam (4-membered cyclic amide) rings is 1. The molecule has 0 saturated carbocycles. The van der Waals surface area contributed by atoms with Crippen LogP contribution < -0.4 is 34.7 Å². The Bertz CT molecular complexity index is 402. The van der Waals surface area contributed by atoms with Crippen LogP contribution in [0.2, 0.25) is 0 Å². The van der Waals surface area contributed by atoms with Gasteiger partial charge in [-0.05, 0) is 6.92 Å². The van der Waals surface area contributed by atoms with Gasteiger partial charge < -0.3 is 19.9 Å². The van der Waals surface area contributed by atoms with Crippen LogP contribution in [-0.2, 0) is 9.59 Å². The van der Waals surface area contributed by atoms with Crippen LogP contribution in [-0.4, -0.2) is 34.0 Å². The summed E-state index contributed by atoms with van der Waals surface area (Å²) in [4.78, 5) is 23.8. The Balaban J connectivity index is 0.00000144. The SMILES string of the molecule is C[C@@H](O)[C@H]1C(=O)N2C(C(=O)[O-])=CC(C)(C)[C@H]12.[Na+]. The molecule has 6 heteroatoms. The van der Waals surface area contributed by atoms with E-state index in [9.17, 15) is 19.8 Å². The van der Waals surface area contributed by atoms with E-state index in [4.69, 9.17) is 0 Å². The van der Waals surface area contributed by atoms with Crippen molar-refractivity contribution in [3.63, 3.8) is 0 Å². The van der Waals surface area contributed by atoms with Crippen molar-refractivity contribution >= 4 is 11.9 Å². The molecule has 3 atom stereocenters. The zero-order valence-corrected chi connectivity index (χ0v) is 12.4. The molecule has 1 N–H and O–H groups in total. The standard InChI is InChI=1S/C11H15NO4.Na/c1-5(13)7-8-11(2,3)4-6(10(15)16)12(8)9(7)14;/h4-5,7-8,13H,1-3H3,(H,15,16);/q;+1/p-1/t5-,7-,8+;/m1./s1. The van der Waals surface area contributed by atoms with Crippen LogP contribution in [0, 0.1) is 11.3 Å². The zero-order valence-electron chi connectivity index (χ0n) is 10.4. The van der Waals surface area contributed by atoms with Crippen LogP contribution >= 0.6 is 0 Å². The van der Waals surface area contributed by atoms with Crippen molar-refractivity contribution in [1.29, 1.82) is 0 Å². The van der Waals surface area contributed by atoms with Gasteiger partial charge in [0.25, 0.3) is 0 Å². The summed E-state index contributed by atoms with van der Waals surface area (Å²) in [7, 11) is 0. The molecule has 0 spiro atoms. The molecule has 0 aliphatic carbocycles. The maximum Gasteiger partial charge on any atom is 1.00 e. The van der Waals surface area contributed by atoms with Gasteiger partial charge in [-0.25, -0.2) is 0 Å². The number of amides is 1. The fraction of sp³-hybridized carbons (Fsp3) is 0.636. The molecule has 2 rings (SSSR count). The van der Waals surface area contributed by atoms with Crippen LogP contribution in [0.5, 0.6) is 0 Å². The van der Waals surface area contributed by atoms with Crippen molar-refractivity contribution in [3.05, 3.63) is 11.8 Å². The number of aliphatic hydroxyl groups excluding tert-OH is 1. The number of aliphatic carboxylic acids is 1. The first kappa shape index (κ1) is 14.7. The number of fused-ring (bicyclic) bond motifs is 1. The second kappa shape index (κ2) is 4.39. The van der Waals surface area contributed by atoms with Crippen molar-refractivity contribution in [2.45, 2.75) is 32.9 Å². The van der Waals surface area contributed by atoms with Gasteiger partial charge in [-0.2, -0.15) is 0 Å². The predicted molar refractivity (Wildman–Crippen MR) is 52.7 cm³/mol. The summed E-state index contributed by atoms with van der Waals surface area (Å²) in [6, 6.07) is -0.270. The molecule has 1 saturated heterocycles. The number of carbonyl (C=O) groups is 2. The summed E-state index contributed by atoms with van der Waals surface area (Å²) in [5.74, 6) is -2.18. The minimum absolute atomic E-state index is 0. The summed E-state index contributed by atoms with van der Waals surface area (Å²) in [6.45, 7) is 5.25. The zero-order chi connectivity index (χ0) is 12.2. The minimum atomic E-state index is -1.34. The summed E-state index contributed by atoms with van der Waals surface area (Å²) < 4.78 is 0. The third-order valence-corrected chi connectivity index (χ3v) is 3.40. The molecule has 88 valence electrons. The molecular formula is C11H14NNaO4. The molecular weight excluding hydrogens is 233 g/mol. The van der Waals surface area contributed by atoms with E-state index >= 15 is 0 Å². The van der Waals surface area contributed by atoms with Gasteiger partial charge in [0, 0.05) is 5.41 Å². The molecule has 1 fully saturated rings. The van der Waals surface area contributed by atoms with Crippen molar-refractivity contribution in [2.75, 3.05) is 0 Å². The molecule has 17 heavy (non-hydrogen) atoms. The molecule has 2 heterocycles. The van der Waals surface area contributed by atoms with Gasteiger partial charge in [-0.15, -0.1) is 0 Å². The first-order valence-electron chi connectivity index (χ1n) is 5.22. The Labute approximate surface area is 122 Å². The number of hydrogen-bond acceptors (Lipinski definition) is 4. The van der Waals surface area contributed by atoms with Gasteiger partial charge in [-0.3, -0.25) is 4.79 Å². The third kappa shape index (κ3) is 1.95. The molecule has 5 nitrogen and oxygen atoms in total. The van der Waals surface area contributed by atoms with Crippen molar-refractivity contribution in [1.82, 2.24) is 4.90 Å². The van der Waals surface area contributed by atoms with E-state index in [1.54, 1.807) is 6.92 Å². The maximum absolute atomic E-state index is 11.7. The fourth-order valence-corrected chi connectivity index (χ4v) is 2.71. The minimum Gasteiger partial charge on any atom is -0.543 e. The Morgan fingerprint density at radius 3 is 2.53 bits per heavy atom. The maximum atomic E-state index is 11.7. The first-order chi connectivity index (χ1) is 7.27. The predicted octanol–water partition coefficient (Wildman–Crippen LogP) is -4.13. The van der Waals surface area contributed by atoms with E-state index in [0.29, 0.717) is 0 Å². The quantitative estimate of drug-likeness (QED) is 0.397. The van der Waals surface area contributed by atoms with Crippen LogP contribution in [0.15, 0.2) is 11.8 Å². The molecule has 2 aliphatic heterocycles. The van der Waals surface area contributed by atoms with Gasteiger partial charge in [0.05, 0.1) is 29.7 Å². The summed E-state index contributed by atoms with van der Waals surface area (Å²) >= 11 is 0. The van der Waals surface area contributed by atoms with Gasteiger partial charge >= 0.3 is 29.6 Å². The molecule has 2 aliphatic rings. The van der Waals surface area contributed by atoms with Gasteiger partial charge in [0.15, 0.2) is 0 Å². The van der Waals surface area contributed by atoms with E-state index in [2.05, 4.69) is 0 Å². The van der Waals surface area contributed by atoms with Crippen molar-refractivity contribution in [2.24, 2.45) is 11.3 Å². The Morgan fingerprint density at radius 1 is 1.59 bits per heavy atom. The molecule has 0 aromatic heterocycles. The van der Waals surface area contributed by atoms with Crippen LogP contribution in [0.4, 0.5) is 0 Å². The van der Waals surface area contributed by atoms with Gasteiger partial charge in [-0.1, -0.05) is 19.9 Å². The Morgan fingerprint density at radius 2 is 2.12 bits per heavy atom. The van der Waals surface area contributed by atoms with E-state index in [1.165, 1.54) is 11.0 Å². The molecule has 0 unspecified atom stereocenters. The van der Waals surface area contributed by atoms with Crippen LogP contribution in [0.25, 0.3) is 0 Å². The summed E-state index contributed by atoms with van der Waals surface area (Å²) in [5, 5.41) is 20.4. The second-order valence-corrected chi connectivity index (χ2v) is 5.06. The largest absolute Gasteiger partial charge is 1.00 e. The van der Waals surface area contributed by atoms with E-state index in [1.807, 2.05) is 13.8 Å². The monoisotopic (exact) mass is 247 g/mol. The third-order valence-electron chi connectivity index (χ3n) is 3.40. The fourth-order valence-electron chi connectivity index (χ4n) is 2.71. The van der Waals surface area contributed by atoms with E-state index in [0.717, 1.165) is 0 Å². The molecule has 1 amide bonds. The number of carboxylic acid groups (broad SMARTS) is 1. The number of nitrogens with zero attached hydrogens (tertiary/aromatic N) is 1. The number of aliphatic hydroxyl groups is 1. The number of carboxylic acids is 1. The average molecular weight is 247 g/mol.